The van der Waals surface area contributed by atoms with Crippen LogP contribution in [0.4, 0.5) is 5.82 Å². The second-order valence-corrected chi connectivity index (χ2v) is 7.07. The molecule has 2 aliphatic rings. The van der Waals surface area contributed by atoms with Gasteiger partial charge in [0, 0.05) is 45.4 Å². The topological polar surface area (TPSA) is 100 Å². The van der Waals surface area contributed by atoms with Gasteiger partial charge in [-0.15, -0.1) is 5.10 Å². The Bertz CT molecular complexity index is 922. The molecule has 2 aromatic rings. The van der Waals surface area contributed by atoms with Crippen LogP contribution in [0.25, 0.3) is 11.3 Å². The van der Waals surface area contributed by atoms with Gasteiger partial charge < -0.3 is 20.3 Å². The Hall–Kier alpha value is -3.36. The van der Waals surface area contributed by atoms with Crippen molar-refractivity contribution in [2.24, 2.45) is 5.10 Å². The monoisotopic (exact) mass is 381 g/mol. The standard InChI is InChI=1S/C19H23N7O2/c1-24(2)17(27)13-7-5-12(6-8-13)14-11-21-16(20)15(22-14)18-25(3)23-19(28-18)26-9-4-10-26/h5-8,11,18H,4,9-10H2,1-3H3,(H2,20,21). The number of nitrogens with two attached hydrogens (primary N) is 1. The van der Waals surface area contributed by atoms with Gasteiger partial charge in [0.15, 0.2) is 5.82 Å². The number of aromatic nitrogens is 2. The molecule has 3 heterocycles. The number of amidine groups is 1. The minimum Gasteiger partial charge on any atom is -0.432 e. The highest BCUT2D eigenvalue weighted by atomic mass is 16.5. The molecule has 1 fully saturated rings. The van der Waals surface area contributed by atoms with Gasteiger partial charge in [0.2, 0.25) is 6.23 Å². The Labute approximate surface area is 163 Å². The van der Waals surface area contributed by atoms with E-state index in [-0.39, 0.29) is 5.91 Å². The predicted octanol–water partition coefficient (Wildman–Crippen LogP) is 1.36. The molecule has 0 spiro atoms. The molecule has 146 valence electrons. The molecule has 0 saturated carbocycles. The molecule has 2 aliphatic heterocycles. The fraction of sp³-hybridized carbons (Fsp3) is 0.368. The summed E-state index contributed by atoms with van der Waals surface area (Å²) in [5.41, 5.74) is 8.71. The normalized spacial score (nSPS) is 18.4. The summed E-state index contributed by atoms with van der Waals surface area (Å²) >= 11 is 0. The van der Waals surface area contributed by atoms with E-state index in [0.29, 0.717) is 28.8 Å². The highest BCUT2D eigenvalue weighted by molar-refractivity contribution is 5.94. The average Bonchev–Trinajstić information content (AvgIpc) is 3.01. The number of anilines is 1. The zero-order valence-corrected chi connectivity index (χ0v) is 16.2. The minimum atomic E-state index is -0.516. The Morgan fingerprint density at radius 3 is 2.57 bits per heavy atom. The van der Waals surface area contributed by atoms with Gasteiger partial charge in [-0.2, -0.15) is 0 Å². The highest BCUT2D eigenvalue weighted by Crippen LogP contribution is 2.31. The number of likely N-dealkylation sites (tertiary alicyclic amines) is 1. The van der Waals surface area contributed by atoms with E-state index in [9.17, 15) is 4.79 Å². The number of hydrogen-bond acceptors (Lipinski definition) is 8. The molecule has 1 atom stereocenters. The van der Waals surface area contributed by atoms with Crippen molar-refractivity contribution in [1.82, 2.24) is 24.8 Å². The Balaban J connectivity index is 1.58. The van der Waals surface area contributed by atoms with Gasteiger partial charge in [0.05, 0.1) is 11.9 Å². The van der Waals surface area contributed by atoms with Crippen LogP contribution in [0, 0.1) is 0 Å². The molecule has 0 bridgehead atoms. The van der Waals surface area contributed by atoms with Crippen molar-refractivity contribution in [1.29, 1.82) is 0 Å². The molecule has 1 amide bonds. The van der Waals surface area contributed by atoms with Gasteiger partial charge in [-0.1, -0.05) is 12.1 Å². The molecule has 9 heteroatoms. The number of carbonyl (C=O) groups excluding carboxylic acids is 1. The van der Waals surface area contributed by atoms with Gasteiger partial charge in [0.1, 0.15) is 5.69 Å². The summed E-state index contributed by atoms with van der Waals surface area (Å²) in [5, 5.41) is 6.15. The van der Waals surface area contributed by atoms with Crippen LogP contribution in [0.15, 0.2) is 35.6 Å². The lowest BCUT2D eigenvalue weighted by Crippen LogP contribution is -2.42. The predicted molar refractivity (Wildman–Crippen MR) is 105 cm³/mol. The van der Waals surface area contributed by atoms with Crippen molar-refractivity contribution in [2.45, 2.75) is 12.6 Å². The van der Waals surface area contributed by atoms with Crippen molar-refractivity contribution < 1.29 is 9.53 Å². The first-order valence-corrected chi connectivity index (χ1v) is 9.11. The SMILES string of the molecule is CN(C)C(=O)c1ccc(-c2cnc(N)c(C3OC(N4CCC4)=NN3C)n2)cc1. The van der Waals surface area contributed by atoms with E-state index in [2.05, 4.69) is 20.0 Å². The lowest BCUT2D eigenvalue weighted by Gasteiger charge is -2.31. The third-order valence-corrected chi connectivity index (χ3v) is 4.82. The Morgan fingerprint density at radius 1 is 1.25 bits per heavy atom. The summed E-state index contributed by atoms with van der Waals surface area (Å²) in [6.07, 6.45) is 2.24. The molecular formula is C19H23N7O2. The van der Waals surface area contributed by atoms with Crippen molar-refractivity contribution in [3.8, 4) is 11.3 Å². The van der Waals surface area contributed by atoms with Crippen molar-refractivity contribution >= 4 is 17.7 Å². The van der Waals surface area contributed by atoms with E-state index in [1.807, 2.05) is 19.2 Å². The molecule has 28 heavy (non-hydrogen) atoms. The second kappa shape index (κ2) is 6.99. The first-order chi connectivity index (χ1) is 13.4. The molecule has 1 unspecified atom stereocenters. The lowest BCUT2D eigenvalue weighted by molar-refractivity contribution is 0.0578. The molecule has 1 saturated heterocycles. The summed E-state index contributed by atoms with van der Waals surface area (Å²) in [7, 11) is 5.28. The van der Waals surface area contributed by atoms with Gasteiger partial charge in [-0.25, -0.2) is 9.97 Å². The van der Waals surface area contributed by atoms with E-state index in [1.54, 1.807) is 42.3 Å². The maximum Gasteiger partial charge on any atom is 0.311 e. The fourth-order valence-electron chi connectivity index (χ4n) is 3.04. The Kier molecular flexibility index (Phi) is 4.50. The van der Waals surface area contributed by atoms with Crippen LogP contribution >= 0.6 is 0 Å². The van der Waals surface area contributed by atoms with E-state index < -0.39 is 6.23 Å². The van der Waals surface area contributed by atoms with Crippen LogP contribution in [0.3, 0.4) is 0 Å². The number of benzene rings is 1. The molecule has 1 aromatic heterocycles. The molecular weight excluding hydrogens is 358 g/mol. The van der Waals surface area contributed by atoms with E-state index in [0.717, 1.165) is 25.1 Å². The van der Waals surface area contributed by atoms with Crippen LogP contribution in [-0.4, -0.2) is 70.9 Å². The molecule has 0 aliphatic carbocycles. The first kappa shape index (κ1) is 18.0. The summed E-state index contributed by atoms with van der Waals surface area (Å²) in [5.74, 6) is 0.257. The largest absolute Gasteiger partial charge is 0.432 e. The van der Waals surface area contributed by atoms with Gasteiger partial charge in [-0.05, 0) is 18.6 Å². The number of hydrazone groups is 1. The number of rotatable bonds is 3. The average molecular weight is 381 g/mol. The number of hydrogen-bond donors (Lipinski definition) is 1. The molecule has 1 aromatic carbocycles. The van der Waals surface area contributed by atoms with E-state index in [1.165, 1.54) is 0 Å². The third kappa shape index (κ3) is 3.19. The molecule has 9 nitrogen and oxygen atoms in total. The summed E-state index contributed by atoms with van der Waals surface area (Å²) in [6.45, 7) is 1.89. The third-order valence-electron chi connectivity index (χ3n) is 4.82. The smallest absolute Gasteiger partial charge is 0.311 e. The van der Waals surface area contributed by atoms with Crippen LogP contribution < -0.4 is 5.73 Å². The van der Waals surface area contributed by atoms with Crippen molar-refractivity contribution in [2.75, 3.05) is 40.0 Å². The van der Waals surface area contributed by atoms with Crippen molar-refractivity contribution in [3.63, 3.8) is 0 Å². The van der Waals surface area contributed by atoms with E-state index in [4.69, 9.17) is 10.5 Å². The van der Waals surface area contributed by atoms with Gasteiger partial charge in [-0.3, -0.25) is 9.80 Å². The first-order valence-electron chi connectivity index (χ1n) is 9.11. The Morgan fingerprint density at radius 2 is 1.96 bits per heavy atom. The molecule has 0 radical (unpaired) electrons. The number of carbonyl (C=O) groups is 1. The highest BCUT2D eigenvalue weighted by Gasteiger charge is 2.34. The van der Waals surface area contributed by atoms with Crippen LogP contribution in [0.5, 0.6) is 0 Å². The summed E-state index contributed by atoms with van der Waals surface area (Å²) < 4.78 is 5.98. The number of nitrogens with zero attached hydrogens (tertiary/aromatic N) is 6. The maximum atomic E-state index is 12.1. The second-order valence-electron chi connectivity index (χ2n) is 7.07. The zero-order chi connectivity index (χ0) is 19.8. The summed E-state index contributed by atoms with van der Waals surface area (Å²) in [4.78, 5) is 24.6. The number of amides is 1. The van der Waals surface area contributed by atoms with Crippen molar-refractivity contribution in [3.05, 3.63) is 41.7 Å². The maximum absolute atomic E-state index is 12.1. The quantitative estimate of drug-likeness (QED) is 0.857. The van der Waals surface area contributed by atoms with Gasteiger partial charge >= 0.3 is 6.02 Å². The van der Waals surface area contributed by atoms with Gasteiger partial charge in [0.25, 0.3) is 5.91 Å². The van der Waals surface area contributed by atoms with Crippen LogP contribution in [0.2, 0.25) is 0 Å². The molecule has 4 rings (SSSR count). The minimum absolute atomic E-state index is 0.0488. The molecule has 2 N–H and O–H groups in total. The number of nitrogen functional groups attached to an aromatic ring is 1. The number of ether oxygens (including phenoxy) is 1. The zero-order valence-electron chi connectivity index (χ0n) is 16.2. The van der Waals surface area contributed by atoms with Crippen LogP contribution in [-0.2, 0) is 4.74 Å². The fourth-order valence-corrected chi connectivity index (χ4v) is 3.04. The summed E-state index contributed by atoms with van der Waals surface area (Å²) in [6, 6.07) is 7.85. The van der Waals surface area contributed by atoms with Crippen LogP contribution in [0.1, 0.15) is 28.7 Å². The lowest BCUT2D eigenvalue weighted by atomic mass is 10.1. The van der Waals surface area contributed by atoms with E-state index >= 15 is 0 Å².